The molecule has 0 spiro atoms. The van der Waals surface area contributed by atoms with Crippen LogP contribution in [-0.4, -0.2) is 14.1 Å². The van der Waals surface area contributed by atoms with Gasteiger partial charge in [-0.25, -0.2) is 4.98 Å². The molecule has 0 radical (unpaired) electrons. The zero-order chi connectivity index (χ0) is 29.0. The lowest BCUT2D eigenvalue weighted by Gasteiger charge is -2.20. The normalized spacial score (nSPS) is 11.6. The fourth-order valence-electron chi connectivity index (χ4n) is 6.81. The van der Waals surface area contributed by atoms with E-state index in [-0.39, 0.29) is 0 Å². The molecule has 0 fully saturated rings. The number of hydrogen-bond donors (Lipinski definition) is 0. The highest BCUT2D eigenvalue weighted by Gasteiger charge is 2.23. The van der Waals surface area contributed by atoms with E-state index in [9.17, 15) is 0 Å². The standard InChI is InChI=1S/C41H27N3/c1-3-15-28(16-4-1)34-27-39(43-35-23-11-7-19-30(35)31-20-8-12-24-36(31)43)40(29-17-5-2-6-18-29)42-41(34)44-37-25-13-9-21-32(37)33-22-10-14-26-38(33)44/h1-27H. The average Bonchev–Trinajstić information content (AvgIpc) is 3.62. The lowest BCUT2D eigenvalue weighted by atomic mass is 10.0. The molecular formula is C41H27N3. The van der Waals surface area contributed by atoms with Crippen molar-refractivity contribution in [3.05, 3.63) is 164 Å². The maximum absolute atomic E-state index is 5.67. The number of benzene rings is 6. The summed E-state index contributed by atoms with van der Waals surface area (Å²) in [6, 6.07) is 58.2. The second-order valence-electron chi connectivity index (χ2n) is 11.2. The molecule has 3 heterocycles. The highest BCUT2D eigenvalue weighted by atomic mass is 15.1. The van der Waals surface area contributed by atoms with Gasteiger partial charge < -0.3 is 4.57 Å². The van der Waals surface area contributed by atoms with Gasteiger partial charge in [0, 0.05) is 32.7 Å². The predicted molar refractivity (Wildman–Crippen MR) is 184 cm³/mol. The van der Waals surface area contributed by atoms with Crippen molar-refractivity contribution in [1.29, 1.82) is 0 Å². The van der Waals surface area contributed by atoms with Gasteiger partial charge in [-0.2, -0.15) is 0 Å². The number of aromatic nitrogens is 3. The van der Waals surface area contributed by atoms with E-state index in [1.165, 1.54) is 21.5 Å². The Morgan fingerprint density at radius 3 is 1.23 bits per heavy atom. The number of nitrogens with zero attached hydrogens (tertiary/aromatic N) is 3. The van der Waals surface area contributed by atoms with Gasteiger partial charge in [-0.15, -0.1) is 0 Å². The molecule has 6 aromatic carbocycles. The first kappa shape index (κ1) is 24.6. The highest BCUT2D eigenvalue weighted by Crippen LogP contribution is 2.41. The van der Waals surface area contributed by atoms with Gasteiger partial charge in [-0.05, 0) is 35.9 Å². The molecule has 0 bridgehead atoms. The van der Waals surface area contributed by atoms with Crippen LogP contribution in [-0.2, 0) is 0 Å². The molecule has 0 aliphatic carbocycles. The van der Waals surface area contributed by atoms with Gasteiger partial charge >= 0.3 is 0 Å². The van der Waals surface area contributed by atoms with Gasteiger partial charge in [0.1, 0.15) is 5.82 Å². The molecule has 3 heteroatoms. The minimum absolute atomic E-state index is 0.914. The first-order valence-corrected chi connectivity index (χ1v) is 15.0. The van der Waals surface area contributed by atoms with Crippen LogP contribution in [0.5, 0.6) is 0 Å². The number of rotatable bonds is 4. The summed E-state index contributed by atoms with van der Waals surface area (Å²) in [4.78, 5) is 5.67. The summed E-state index contributed by atoms with van der Waals surface area (Å²) in [7, 11) is 0. The monoisotopic (exact) mass is 561 g/mol. The zero-order valence-corrected chi connectivity index (χ0v) is 23.9. The first-order valence-electron chi connectivity index (χ1n) is 15.0. The molecule has 0 unspecified atom stereocenters. The van der Waals surface area contributed by atoms with Crippen molar-refractivity contribution in [3.63, 3.8) is 0 Å². The van der Waals surface area contributed by atoms with Crippen LogP contribution in [0, 0.1) is 0 Å². The predicted octanol–water partition coefficient (Wildman–Crippen LogP) is 10.6. The number of para-hydroxylation sites is 4. The van der Waals surface area contributed by atoms with E-state index < -0.39 is 0 Å². The molecule has 0 saturated carbocycles. The fraction of sp³-hybridized carbons (Fsp3) is 0. The second-order valence-corrected chi connectivity index (χ2v) is 11.2. The first-order chi connectivity index (χ1) is 21.9. The Labute approximate surface area is 254 Å². The molecule has 206 valence electrons. The summed E-state index contributed by atoms with van der Waals surface area (Å²) >= 11 is 0. The molecule has 3 aromatic heterocycles. The summed E-state index contributed by atoms with van der Waals surface area (Å²) in [6.07, 6.45) is 0. The van der Waals surface area contributed by atoms with Gasteiger partial charge in [-0.3, -0.25) is 4.57 Å². The Morgan fingerprint density at radius 1 is 0.364 bits per heavy atom. The molecule has 3 nitrogen and oxygen atoms in total. The topological polar surface area (TPSA) is 22.8 Å². The molecule has 9 rings (SSSR count). The number of fused-ring (bicyclic) bond motifs is 6. The summed E-state index contributed by atoms with van der Waals surface area (Å²) in [5.41, 5.74) is 9.88. The van der Waals surface area contributed by atoms with E-state index >= 15 is 0 Å². The van der Waals surface area contributed by atoms with Gasteiger partial charge in [-0.1, -0.05) is 133 Å². The molecule has 0 atom stereocenters. The maximum atomic E-state index is 5.67. The van der Waals surface area contributed by atoms with E-state index in [2.05, 4.69) is 173 Å². The summed E-state index contributed by atoms with van der Waals surface area (Å²) in [5, 5.41) is 4.90. The van der Waals surface area contributed by atoms with Crippen LogP contribution in [0.15, 0.2) is 164 Å². The van der Waals surface area contributed by atoms with E-state index in [1.807, 2.05) is 0 Å². The van der Waals surface area contributed by atoms with Crippen LogP contribution in [0.1, 0.15) is 0 Å². The van der Waals surface area contributed by atoms with Gasteiger partial charge in [0.05, 0.1) is 33.4 Å². The van der Waals surface area contributed by atoms with E-state index in [1.54, 1.807) is 0 Å². The smallest absolute Gasteiger partial charge is 0.146 e. The summed E-state index contributed by atoms with van der Waals surface area (Å²) < 4.78 is 4.73. The third-order valence-corrected chi connectivity index (χ3v) is 8.73. The van der Waals surface area contributed by atoms with Crippen molar-refractivity contribution in [2.24, 2.45) is 0 Å². The third kappa shape index (κ3) is 3.66. The van der Waals surface area contributed by atoms with Gasteiger partial charge in [0.15, 0.2) is 0 Å². The third-order valence-electron chi connectivity index (χ3n) is 8.73. The van der Waals surface area contributed by atoms with E-state index in [0.29, 0.717) is 0 Å². The van der Waals surface area contributed by atoms with Crippen molar-refractivity contribution in [1.82, 2.24) is 14.1 Å². The van der Waals surface area contributed by atoms with E-state index in [0.717, 1.165) is 56.0 Å². The molecule has 0 aliphatic heterocycles. The largest absolute Gasteiger partial charge is 0.307 e. The van der Waals surface area contributed by atoms with Crippen LogP contribution >= 0.6 is 0 Å². The molecule has 0 amide bonds. The molecule has 0 N–H and O–H groups in total. The van der Waals surface area contributed by atoms with Crippen LogP contribution in [0.3, 0.4) is 0 Å². The van der Waals surface area contributed by atoms with Gasteiger partial charge in [0.25, 0.3) is 0 Å². The number of pyridine rings is 1. The molecule has 44 heavy (non-hydrogen) atoms. The number of hydrogen-bond acceptors (Lipinski definition) is 1. The SMILES string of the molecule is c1ccc(-c2cc(-n3c4ccccc4c4ccccc43)c(-c3ccccc3)nc2-n2c3ccccc3c3ccccc32)cc1. The average molecular weight is 562 g/mol. The van der Waals surface area contributed by atoms with Crippen LogP contribution in [0.25, 0.3) is 77.5 Å². The van der Waals surface area contributed by atoms with Crippen molar-refractivity contribution < 1.29 is 0 Å². The summed E-state index contributed by atoms with van der Waals surface area (Å²) in [6.45, 7) is 0. The fourth-order valence-corrected chi connectivity index (χ4v) is 6.81. The van der Waals surface area contributed by atoms with E-state index in [4.69, 9.17) is 4.98 Å². The van der Waals surface area contributed by atoms with Crippen LogP contribution < -0.4 is 0 Å². The maximum Gasteiger partial charge on any atom is 0.146 e. The molecule has 0 saturated heterocycles. The van der Waals surface area contributed by atoms with Crippen molar-refractivity contribution in [2.75, 3.05) is 0 Å². The minimum atomic E-state index is 0.914. The lowest BCUT2D eigenvalue weighted by Crippen LogP contribution is -2.07. The Hall–Kier alpha value is -5.93. The van der Waals surface area contributed by atoms with Crippen molar-refractivity contribution >= 4 is 43.6 Å². The zero-order valence-electron chi connectivity index (χ0n) is 23.9. The Morgan fingerprint density at radius 2 is 0.750 bits per heavy atom. The lowest BCUT2D eigenvalue weighted by molar-refractivity contribution is 1.06. The molecular weight excluding hydrogens is 534 g/mol. The molecule has 9 aromatic rings. The quantitative estimate of drug-likeness (QED) is 0.210. The summed E-state index contributed by atoms with van der Waals surface area (Å²) in [5.74, 6) is 0.914. The van der Waals surface area contributed by atoms with Crippen LogP contribution in [0.2, 0.25) is 0 Å². The highest BCUT2D eigenvalue weighted by molar-refractivity contribution is 6.11. The minimum Gasteiger partial charge on any atom is -0.307 e. The molecule has 0 aliphatic rings. The van der Waals surface area contributed by atoms with Crippen molar-refractivity contribution in [3.8, 4) is 33.9 Å². The second kappa shape index (κ2) is 9.82. The Bertz CT molecular complexity index is 2200. The Balaban J connectivity index is 1.48. The van der Waals surface area contributed by atoms with Crippen LogP contribution in [0.4, 0.5) is 0 Å². The van der Waals surface area contributed by atoms with Crippen molar-refractivity contribution in [2.45, 2.75) is 0 Å². The van der Waals surface area contributed by atoms with Gasteiger partial charge in [0.2, 0.25) is 0 Å². The Kier molecular flexibility index (Phi) is 5.50.